The maximum Gasteiger partial charge on any atom is 0.416 e. The van der Waals surface area contributed by atoms with Gasteiger partial charge in [0.15, 0.2) is 5.82 Å². The second kappa shape index (κ2) is 12.4. The van der Waals surface area contributed by atoms with Crippen molar-refractivity contribution in [2.45, 2.75) is 28.8 Å². The van der Waals surface area contributed by atoms with Gasteiger partial charge in [-0.25, -0.2) is 22.0 Å². The zero-order valence-electron chi connectivity index (χ0n) is 22.0. The minimum Gasteiger partial charge on any atom is -0.326 e. The molecule has 1 aliphatic rings. The summed E-state index contributed by atoms with van der Waals surface area (Å²) in [6.45, 7) is 0. The first-order chi connectivity index (χ1) is 21.2. The Bertz CT molecular complexity index is 1740. The Kier molecular flexibility index (Phi) is 9.50. The molecule has 0 bridgehead atoms. The summed E-state index contributed by atoms with van der Waals surface area (Å²) in [6.07, 6.45) is -9.42. The molecule has 0 aromatic heterocycles. The lowest BCUT2D eigenvalue weighted by Gasteiger charge is -2.17. The Labute approximate surface area is 266 Å². The number of amides is 3. The molecule has 19 heteroatoms. The first kappa shape index (κ1) is 35.1. The van der Waals surface area contributed by atoms with Gasteiger partial charge in [-0.1, -0.05) is 11.6 Å². The smallest absolute Gasteiger partial charge is 0.326 e. The first-order valence-corrected chi connectivity index (χ1v) is 13.4. The number of nitrogens with one attached hydrogen (secondary N) is 3. The SMILES string of the molecule is O=C(Nc1ccc(F)c(NC(=O)C(F)(F)C(F)F)c1F)c1cc(NC(=O)[C@H]2[C@H](c3cc(F)cc(C(F)(F)F)c3)C2(Cl)Cl)ccc1Cl. The molecule has 2 atom stereocenters. The first-order valence-electron chi connectivity index (χ1n) is 12.3. The van der Waals surface area contributed by atoms with E-state index in [-0.39, 0.29) is 22.3 Å². The molecular formula is C27H14Cl3F10N3O3. The van der Waals surface area contributed by atoms with Crippen LogP contribution in [-0.2, 0) is 15.8 Å². The number of anilines is 3. The van der Waals surface area contributed by atoms with E-state index < -0.39 is 92.4 Å². The number of alkyl halides is 9. The van der Waals surface area contributed by atoms with Gasteiger partial charge in [0.1, 0.15) is 21.7 Å². The third-order valence-electron chi connectivity index (χ3n) is 6.58. The number of hydrogen-bond acceptors (Lipinski definition) is 3. The van der Waals surface area contributed by atoms with Crippen molar-refractivity contribution in [2.24, 2.45) is 5.92 Å². The molecule has 0 unspecified atom stereocenters. The number of rotatable bonds is 8. The molecule has 1 fully saturated rings. The van der Waals surface area contributed by atoms with Crippen molar-refractivity contribution < 1.29 is 58.3 Å². The highest BCUT2D eigenvalue weighted by Gasteiger charge is 2.68. The molecule has 3 amide bonds. The van der Waals surface area contributed by atoms with Crippen LogP contribution in [0.25, 0.3) is 0 Å². The van der Waals surface area contributed by atoms with Crippen molar-refractivity contribution in [3.63, 3.8) is 0 Å². The molecule has 4 rings (SSSR count). The van der Waals surface area contributed by atoms with E-state index >= 15 is 0 Å². The van der Waals surface area contributed by atoms with Gasteiger partial charge in [0.2, 0.25) is 5.91 Å². The Hall–Kier alpha value is -3.76. The van der Waals surface area contributed by atoms with E-state index in [4.69, 9.17) is 34.8 Å². The van der Waals surface area contributed by atoms with E-state index in [2.05, 4.69) is 5.32 Å². The van der Waals surface area contributed by atoms with Crippen LogP contribution in [0.4, 0.5) is 61.0 Å². The summed E-state index contributed by atoms with van der Waals surface area (Å²) in [5, 5.41) is 4.92. The van der Waals surface area contributed by atoms with Crippen LogP contribution in [0.1, 0.15) is 27.4 Å². The van der Waals surface area contributed by atoms with Crippen LogP contribution in [0.15, 0.2) is 48.5 Å². The van der Waals surface area contributed by atoms with Gasteiger partial charge in [-0.3, -0.25) is 14.4 Å². The van der Waals surface area contributed by atoms with Gasteiger partial charge in [0.05, 0.1) is 27.8 Å². The molecule has 0 spiro atoms. The Morgan fingerprint density at radius 3 is 2.11 bits per heavy atom. The van der Waals surface area contributed by atoms with Gasteiger partial charge in [0, 0.05) is 11.6 Å². The normalized spacial score (nSPS) is 17.4. The average molecular weight is 725 g/mol. The monoisotopic (exact) mass is 723 g/mol. The fraction of sp³-hybridized carbons (Fsp3) is 0.222. The molecule has 3 aromatic carbocycles. The van der Waals surface area contributed by atoms with E-state index in [1.54, 1.807) is 0 Å². The van der Waals surface area contributed by atoms with E-state index in [0.717, 1.165) is 29.6 Å². The third kappa shape index (κ3) is 6.98. The molecule has 246 valence electrons. The Balaban J connectivity index is 1.53. The van der Waals surface area contributed by atoms with E-state index in [0.29, 0.717) is 18.2 Å². The van der Waals surface area contributed by atoms with Crippen molar-refractivity contribution in [3.8, 4) is 0 Å². The highest BCUT2D eigenvalue weighted by Crippen LogP contribution is 2.65. The predicted molar refractivity (Wildman–Crippen MR) is 146 cm³/mol. The van der Waals surface area contributed by atoms with Crippen molar-refractivity contribution in [3.05, 3.63) is 87.7 Å². The second-order valence-electron chi connectivity index (χ2n) is 9.70. The predicted octanol–water partition coefficient (Wildman–Crippen LogP) is 8.39. The van der Waals surface area contributed by atoms with Crippen molar-refractivity contribution in [1.29, 1.82) is 0 Å². The highest BCUT2D eigenvalue weighted by molar-refractivity contribution is 6.53. The van der Waals surface area contributed by atoms with Crippen LogP contribution in [0.2, 0.25) is 5.02 Å². The maximum absolute atomic E-state index is 14.9. The summed E-state index contributed by atoms with van der Waals surface area (Å²) in [5.74, 6) is -17.7. The highest BCUT2D eigenvalue weighted by atomic mass is 35.5. The van der Waals surface area contributed by atoms with Crippen molar-refractivity contribution >= 4 is 69.6 Å². The standard InChI is InChI=1S/C27H14Cl3F10N3O3/c28-14-2-1-12(41-22(45)18-17(25(18,29)30)9-5-10(27(38,39)40)7-11(31)6-9)8-13(14)21(44)42-16-4-3-15(32)20(19(16)33)43-24(46)26(36,37)23(34)35/h1-8,17-18,23H,(H,41,45)(H,42,44)(H,43,46)/t17-,18+/m0/s1. The molecular weight excluding hydrogens is 711 g/mol. The van der Waals surface area contributed by atoms with Crippen molar-refractivity contribution in [1.82, 2.24) is 0 Å². The molecule has 46 heavy (non-hydrogen) atoms. The second-order valence-corrected chi connectivity index (χ2v) is 11.6. The van der Waals surface area contributed by atoms with Gasteiger partial charge in [-0.05, 0) is 54.1 Å². The summed E-state index contributed by atoms with van der Waals surface area (Å²) < 4.78 is 132. The van der Waals surface area contributed by atoms with Crippen LogP contribution in [0, 0.1) is 23.4 Å². The van der Waals surface area contributed by atoms with Gasteiger partial charge >= 0.3 is 24.4 Å². The summed E-state index contributed by atoms with van der Waals surface area (Å²) >= 11 is 18.3. The molecule has 0 saturated heterocycles. The number of benzene rings is 3. The number of halogens is 13. The lowest BCUT2D eigenvalue weighted by atomic mass is 10.0. The summed E-state index contributed by atoms with van der Waals surface area (Å²) in [5.41, 5.74) is -4.82. The average Bonchev–Trinajstić information content (AvgIpc) is 3.54. The van der Waals surface area contributed by atoms with Crippen LogP contribution in [-0.4, -0.2) is 34.4 Å². The topological polar surface area (TPSA) is 87.3 Å². The molecule has 0 radical (unpaired) electrons. The quantitative estimate of drug-likeness (QED) is 0.161. The fourth-order valence-corrected chi connectivity index (χ4v) is 5.30. The van der Waals surface area contributed by atoms with Crippen LogP contribution < -0.4 is 16.0 Å². The van der Waals surface area contributed by atoms with Gasteiger partial charge in [-0.15, -0.1) is 23.2 Å². The minimum atomic E-state index is -5.31. The van der Waals surface area contributed by atoms with Crippen LogP contribution >= 0.6 is 34.8 Å². The largest absolute Gasteiger partial charge is 0.416 e. The van der Waals surface area contributed by atoms with E-state index in [1.165, 1.54) is 0 Å². The number of carbonyl (C=O) groups excluding carboxylic acids is 3. The lowest BCUT2D eigenvalue weighted by molar-refractivity contribution is -0.163. The third-order valence-corrected chi connectivity index (χ3v) is 7.85. The van der Waals surface area contributed by atoms with Crippen LogP contribution in [0.5, 0.6) is 0 Å². The maximum atomic E-state index is 14.9. The molecule has 1 saturated carbocycles. The zero-order chi connectivity index (χ0) is 34.5. The molecule has 3 aromatic rings. The minimum absolute atomic E-state index is 0.175. The van der Waals surface area contributed by atoms with E-state index in [9.17, 15) is 58.3 Å². The molecule has 3 N–H and O–H groups in total. The Morgan fingerprint density at radius 1 is 0.848 bits per heavy atom. The zero-order valence-corrected chi connectivity index (χ0v) is 24.3. The van der Waals surface area contributed by atoms with Gasteiger partial charge in [0.25, 0.3) is 5.91 Å². The van der Waals surface area contributed by atoms with Gasteiger partial charge in [-0.2, -0.15) is 22.0 Å². The van der Waals surface area contributed by atoms with E-state index in [1.807, 2.05) is 5.32 Å². The summed E-state index contributed by atoms with van der Waals surface area (Å²) in [7, 11) is 0. The van der Waals surface area contributed by atoms with Gasteiger partial charge < -0.3 is 16.0 Å². The molecule has 0 aliphatic heterocycles. The van der Waals surface area contributed by atoms with Crippen molar-refractivity contribution in [2.75, 3.05) is 16.0 Å². The lowest BCUT2D eigenvalue weighted by Crippen LogP contribution is -2.41. The molecule has 1 aliphatic carbocycles. The summed E-state index contributed by atoms with van der Waals surface area (Å²) in [4.78, 5) is 37.3. The Morgan fingerprint density at radius 2 is 1.50 bits per heavy atom. The molecule has 0 heterocycles. The molecule has 6 nitrogen and oxygen atoms in total. The van der Waals surface area contributed by atoms with Crippen LogP contribution in [0.3, 0.4) is 0 Å². The fourth-order valence-electron chi connectivity index (χ4n) is 4.27. The number of carbonyl (C=O) groups is 3. The summed E-state index contributed by atoms with van der Waals surface area (Å²) in [6, 6.07) is 5.76. The number of hydrogen-bond donors (Lipinski definition) is 3.